The molecule has 0 amide bonds. The zero-order chi connectivity index (χ0) is 17.8. The third-order valence-electron chi connectivity index (χ3n) is 3.32. The Hall–Kier alpha value is -2.87. The number of anilines is 1. The van der Waals surface area contributed by atoms with Crippen LogP contribution in [-0.4, -0.2) is 15.3 Å². The van der Waals surface area contributed by atoms with E-state index in [1.165, 1.54) is 6.07 Å². The molecule has 0 aliphatic heterocycles. The van der Waals surface area contributed by atoms with Crippen molar-refractivity contribution in [2.75, 3.05) is 5.32 Å². The van der Waals surface area contributed by atoms with Crippen LogP contribution in [0.25, 0.3) is 11.4 Å². The Morgan fingerprint density at radius 1 is 1.16 bits per heavy atom. The Morgan fingerprint density at radius 3 is 2.76 bits per heavy atom. The van der Waals surface area contributed by atoms with E-state index in [1.54, 1.807) is 0 Å². The first-order valence-corrected chi connectivity index (χ1v) is 7.81. The van der Waals surface area contributed by atoms with Gasteiger partial charge in [0.1, 0.15) is 0 Å². The summed E-state index contributed by atoms with van der Waals surface area (Å²) in [5, 5.41) is 9.77. The number of hydrogen-bond acceptors (Lipinski definition) is 4. The van der Waals surface area contributed by atoms with Crippen LogP contribution in [0.4, 0.5) is 14.5 Å². The molecule has 0 bridgehead atoms. The molecular formula is C17H14F2N4OS. The summed E-state index contributed by atoms with van der Waals surface area (Å²) in [7, 11) is 0. The zero-order valence-corrected chi connectivity index (χ0v) is 14.0. The van der Waals surface area contributed by atoms with Crippen molar-refractivity contribution in [1.29, 1.82) is 0 Å². The van der Waals surface area contributed by atoms with Gasteiger partial charge in [-0.05, 0) is 37.3 Å². The Morgan fingerprint density at radius 2 is 2.00 bits per heavy atom. The molecule has 5 nitrogen and oxygen atoms in total. The van der Waals surface area contributed by atoms with Crippen molar-refractivity contribution in [2.45, 2.75) is 13.5 Å². The Balaban J connectivity index is 1.58. The highest BCUT2D eigenvalue weighted by Crippen LogP contribution is 2.17. The number of nitrogens with zero attached hydrogens (tertiary/aromatic N) is 2. The minimum atomic E-state index is -0.951. The van der Waals surface area contributed by atoms with E-state index in [1.807, 2.05) is 31.2 Å². The van der Waals surface area contributed by atoms with Gasteiger partial charge >= 0.3 is 0 Å². The fourth-order valence-electron chi connectivity index (χ4n) is 2.13. The molecule has 8 heteroatoms. The SMILES string of the molecule is Cc1cccc(-c2noc(CNC(=S)Nc3ccc(F)c(F)c3)n2)c1. The van der Waals surface area contributed by atoms with Crippen LogP contribution in [0.2, 0.25) is 0 Å². The molecule has 128 valence electrons. The van der Waals surface area contributed by atoms with Crippen LogP contribution in [0.5, 0.6) is 0 Å². The fourth-order valence-corrected chi connectivity index (χ4v) is 2.32. The molecule has 1 aromatic heterocycles. The van der Waals surface area contributed by atoms with Gasteiger partial charge in [0.15, 0.2) is 16.7 Å². The van der Waals surface area contributed by atoms with E-state index in [9.17, 15) is 8.78 Å². The number of aryl methyl sites for hydroxylation is 1. The number of halogens is 2. The molecule has 25 heavy (non-hydrogen) atoms. The maximum Gasteiger partial charge on any atom is 0.246 e. The minimum Gasteiger partial charge on any atom is -0.353 e. The lowest BCUT2D eigenvalue weighted by Gasteiger charge is -2.08. The molecule has 0 atom stereocenters. The molecule has 1 heterocycles. The van der Waals surface area contributed by atoms with Gasteiger partial charge in [0.25, 0.3) is 0 Å². The summed E-state index contributed by atoms with van der Waals surface area (Å²) in [6, 6.07) is 11.2. The van der Waals surface area contributed by atoms with Gasteiger partial charge in [-0.15, -0.1) is 0 Å². The molecule has 0 fully saturated rings. The summed E-state index contributed by atoms with van der Waals surface area (Å²) < 4.78 is 31.2. The maximum absolute atomic E-state index is 13.2. The molecule has 0 aliphatic rings. The summed E-state index contributed by atoms with van der Waals surface area (Å²) in [5.74, 6) is -1.03. The van der Waals surface area contributed by atoms with Crippen LogP contribution in [-0.2, 0) is 6.54 Å². The quantitative estimate of drug-likeness (QED) is 0.690. The van der Waals surface area contributed by atoms with E-state index in [0.29, 0.717) is 17.4 Å². The van der Waals surface area contributed by atoms with Gasteiger partial charge in [-0.25, -0.2) is 8.78 Å². The average molecular weight is 360 g/mol. The normalized spacial score (nSPS) is 10.5. The Bertz CT molecular complexity index is 913. The molecule has 0 radical (unpaired) electrons. The van der Waals surface area contributed by atoms with Crippen molar-refractivity contribution >= 4 is 23.0 Å². The van der Waals surface area contributed by atoms with Crippen molar-refractivity contribution in [1.82, 2.24) is 15.5 Å². The summed E-state index contributed by atoms with van der Waals surface area (Å²) in [5.41, 5.74) is 2.29. The van der Waals surface area contributed by atoms with Crippen molar-refractivity contribution in [3.8, 4) is 11.4 Å². The van der Waals surface area contributed by atoms with E-state index < -0.39 is 11.6 Å². The van der Waals surface area contributed by atoms with Crippen LogP contribution in [0, 0.1) is 18.6 Å². The highest BCUT2D eigenvalue weighted by atomic mass is 32.1. The van der Waals surface area contributed by atoms with Gasteiger partial charge in [-0.3, -0.25) is 0 Å². The lowest BCUT2D eigenvalue weighted by molar-refractivity contribution is 0.376. The fraction of sp³-hybridized carbons (Fsp3) is 0.118. The molecule has 0 saturated carbocycles. The van der Waals surface area contributed by atoms with Gasteiger partial charge in [0.2, 0.25) is 11.7 Å². The first kappa shape index (κ1) is 17.0. The number of rotatable bonds is 4. The zero-order valence-electron chi connectivity index (χ0n) is 13.2. The van der Waals surface area contributed by atoms with Crippen molar-refractivity contribution in [3.63, 3.8) is 0 Å². The summed E-state index contributed by atoms with van der Waals surface area (Å²) in [4.78, 5) is 4.29. The van der Waals surface area contributed by atoms with Crippen molar-refractivity contribution < 1.29 is 13.3 Å². The number of thiocarbonyl (C=S) groups is 1. The summed E-state index contributed by atoms with van der Waals surface area (Å²) >= 11 is 5.10. The van der Waals surface area contributed by atoms with Crippen LogP contribution in [0.15, 0.2) is 47.0 Å². The topological polar surface area (TPSA) is 63.0 Å². The van der Waals surface area contributed by atoms with E-state index in [4.69, 9.17) is 16.7 Å². The van der Waals surface area contributed by atoms with Crippen LogP contribution in [0.1, 0.15) is 11.5 Å². The lowest BCUT2D eigenvalue weighted by atomic mass is 10.1. The van der Waals surface area contributed by atoms with Crippen LogP contribution >= 0.6 is 12.2 Å². The molecule has 0 unspecified atom stereocenters. The Labute approximate surface area is 148 Å². The highest BCUT2D eigenvalue weighted by molar-refractivity contribution is 7.80. The molecule has 3 rings (SSSR count). The molecular weight excluding hydrogens is 346 g/mol. The predicted molar refractivity (Wildman–Crippen MR) is 93.9 cm³/mol. The molecule has 2 N–H and O–H groups in total. The first-order valence-electron chi connectivity index (χ1n) is 7.41. The van der Waals surface area contributed by atoms with Gasteiger partial charge < -0.3 is 15.2 Å². The largest absolute Gasteiger partial charge is 0.353 e. The highest BCUT2D eigenvalue weighted by Gasteiger charge is 2.09. The smallest absolute Gasteiger partial charge is 0.246 e. The van der Waals surface area contributed by atoms with Crippen molar-refractivity contribution in [3.05, 3.63) is 65.6 Å². The second kappa shape index (κ2) is 7.35. The first-order chi connectivity index (χ1) is 12.0. The lowest BCUT2D eigenvalue weighted by Crippen LogP contribution is -2.28. The van der Waals surface area contributed by atoms with Gasteiger partial charge in [0.05, 0.1) is 6.54 Å². The van der Waals surface area contributed by atoms with E-state index in [-0.39, 0.29) is 11.7 Å². The van der Waals surface area contributed by atoms with Gasteiger partial charge in [-0.1, -0.05) is 28.9 Å². The maximum atomic E-state index is 13.2. The molecule has 0 spiro atoms. The number of benzene rings is 2. The summed E-state index contributed by atoms with van der Waals surface area (Å²) in [6.07, 6.45) is 0. The van der Waals surface area contributed by atoms with Crippen LogP contribution < -0.4 is 10.6 Å². The molecule has 0 saturated heterocycles. The predicted octanol–water partition coefficient (Wildman–Crippen LogP) is 3.81. The second-order valence-corrected chi connectivity index (χ2v) is 5.73. The van der Waals surface area contributed by atoms with Gasteiger partial charge in [-0.2, -0.15) is 4.98 Å². The Kier molecular flexibility index (Phi) is 4.99. The minimum absolute atomic E-state index is 0.203. The average Bonchev–Trinajstić information content (AvgIpc) is 3.05. The van der Waals surface area contributed by atoms with E-state index in [2.05, 4.69) is 20.8 Å². The number of aromatic nitrogens is 2. The summed E-state index contributed by atoms with van der Waals surface area (Å²) in [6.45, 7) is 2.18. The number of nitrogens with one attached hydrogen (secondary N) is 2. The van der Waals surface area contributed by atoms with E-state index in [0.717, 1.165) is 23.3 Å². The molecule has 3 aromatic rings. The van der Waals surface area contributed by atoms with Crippen molar-refractivity contribution in [2.24, 2.45) is 0 Å². The molecule has 2 aromatic carbocycles. The third-order valence-corrected chi connectivity index (χ3v) is 3.57. The standard InChI is InChI=1S/C17H14F2N4OS/c1-10-3-2-4-11(7-10)16-22-15(24-23-16)9-20-17(25)21-12-5-6-13(18)14(19)8-12/h2-8H,9H2,1H3,(H2,20,21,25). The van der Waals surface area contributed by atoms with Gasteiger partial charge in [0, 0.05) is 17.3 Å². The monoisotopic (exact) mass is 360 g/mol. The third kappa shape index (κ3) is 4.36. The molecule has 0 aliphatic carbocycles. The number of hydrogen-bond donors (Lipinski definition) is 2. The second-order valence-electron chi connectivity index (χ2n) is 5.32. The van der Waals surface area contributed by atoms with Crippen LogP contribution in [0.3, 0.4) is 0 Å². The van der Waals surface area contributed by atoms with E-state index >= 15 is 0 Å².